The zero-order valence-corrected chi connectivity index (χ0v) is 9.73. The van der Waals surface area contributed by atoms with Gasteiger partial charge in [0, 0.05) is 12.7 Å². The van der Waals surface area contributed by atoms with Gasteiger partial charge >= 0.3 is 0 Å². The maximum Gasteiger partial charge on any atom is 0.161 e. The van der Waals surface area contributed by atoms with Crippen molar-refractivity contribution in [3.8, 4) is 11.5 Å². The van der Waals surface area contributed by atoms with Crippen molar-refractivity contribution >= 4 is 6.29 Å². The highest BCUT2D eigenvalue weighted by atomic mass is 16.5. The molecule has 0 aliphatic rings. The molecule has 0 N–H and O–H groups in total. The standard InChI is InChI=1S/C12H16O4/c1-9(8-14-2)16-11-5-4-10(7-13)6-12(11)15-3/h4-7,9H,8H2,1-3H3. The number of benzene rings is 1. The first-order valence-corrected chi connectivity index (χ1v) is 5.00. The van der Waals surface area contributed by atoms with E-state index in [1.165, 1.54) is 7.11 Å². The second-order valence-electron chi connectivity index (χ2n) is 3.41. The number of hydrogen-bond acceptors (Lipinski definition) is 4. The molecule has 1 aromatic carbocycles. The summed E-state index contributed by atoms with van der Waals surface area (Å²) in [6, 6.07) is 5.04. The summed E-state index contributed by atoms with van der Waals surface area (Å²) in [6.45, 7) is 2.40. The summed E-state index contributed by atoms with van der Waals surface area (Å²) >= 11 is 0. The van der Waals surface area contributed by atoms with Crippen LogP contribution in [-0.4, -0.2) is 33.2 Å². The van der Waals surface area contributed by atoms with Gasteiger partial charge in [0.05, 0.1) is 13.7 Å². The number of carbonyl (C=O) groups excluding carboxylic acids is 1. The molecule has 88 valence electrons. The van der Waals surface area contributed by atoms with Crippen LogP contribution < -0.4 is 9.47 Å². The molecule has 0 radical (unpaired) electrons. The van der Waals surface area contributed by atoms with Gasteiger partial charge in [0.15, 0.2) is 11.5 Å². The van der Waals surface area contributed by atoms with Crippen molar-refractivity contribution in [3.05, 3.63) is 23.8 Å². The molecule has 0 saturated carbocycles. The van der Waals surface area contributed by atoms with Crippen LogP contribution in [0.3, 0.4) is 0 Å². The molecule has 1 aromatic rings. The molecule has 1 atom stereocenters. The number of ether oxygens (including phenoxy) is 3. The van der Waals surface area contributed by atoms with Gasteiger partial charge in [-0.1, -0.05) is 0 Å². The summed E-state index contributed by atoms with van der Waals surface area (Å²) in [5.41, 5.74) is 0.559. The van der Waals surface area contributed by atoms with Gasteiger partial charge in [-0.3, -0.25) is 4.79 Å². The van der Waals surface area contributed by atoms with Gasteiger partial charge in [-0.2, -0.15) is 0 Å². The third kappa shape index (κ3) is 3.24. The average Bonchev–Trinajstić information content (AvgIpc) is 2.30. The van der Waals surface area contributed by atoms with E-state index in [9.17, 15) is 4.79 Å². The summed E-state index contributed by atoms with van der Waals surface area (Å²) < 4.78 is 15.7. The highest BCUT2D eigenvalue weighted by molar-refractivity contribution is 5.76. The second-order valence-corrected chi connectivity index (χ2v) is 3.41. The van der Waals surface area contributed by atoms with Gasteiger partial charge in [0.25, 0.3) is 0 Å². The minimum Gasteiger partial charge on any atom is -0.493 e. The number of rotatable bonds is 6. The molecule has 0 fully saturated rings. The van der Waals surface area contributed by atoms with Gasteiger partial charge in [-0.25, -0.2) is 0 Å². The zero-order valence-electron chi connectivity index (χ0n) is 9.73. The maximum atomic E-state index is 10.6. The molecule has 0 spiro atoms. The Morgan fingerprint density at radius 3 is 2.62 bits per heavy atom. The molecule has 1 unspecified atom stereocenters. The summed E-state index contributed by atoms with van der Waals surface area (Å²) in [4.78, 5) is 10.6. The lowest BCUT2D eigenvalue weighted by Gasteiger charge is -2.16. The molecular weight excluding hydrogens is 208 g/mol. The summed E-state index contributed by atoms with van der Waals surface area (Å²) in [5.74, 6) is 1.16. The van der Waals surface area contributed by atoms with Crippen LogP contribution in [0.15, 0.2) is 18.2 Å². The van der Waals surface area contributed by atoms with Crippen molar-refractivity contribution in [2.45, 2.75) is 13.0 Å². The van der Waals surface area contributed by atoms with Gasteiger partial charge in [0.1, 0.15) is 12.4 Å². The minimum atomic E-state index is -0.0685. The van der Waals surface area contributed by atoms with Crippen molar-refractivity contribution in [1.29, 1.82) is 0 Å². The topological polar surface area (TPSA) is 44.8 Å². The smallest absolute Gasteiger partial charge is 0.161 e. The molecule has 0 aromatic heterocycles. The molecule has 0 aliphatic heterocycles. The fourth-order valence-electron chi connectivity index (χ4n) is 1.34. The molecule has 0 heterocycles. The predicted molar refractivity (Wildman–Crippen MR) is 60.3 cm³/mol. The Kier molecular flexibility index (Phi) is 4.79. The van der Waals surface area contributed by atoms with E-state index in [4.69, 9.17) is 14.2 Å². The normalized spacial score (nSPS) is 11.9. The SMILES string of the molecule is COCC(C)Oc1ccc(C=O)cc1OC. The van der Waals surface area contributed by atoms with E-state index in [2.05, 4.69) is 0 Å². The third-order valence-electron chi connectivity index (χ3n) is 2.05. The van der Waals surface area contributed by atoms with Crippen LogP contribution in [0.2, 0.25) is 0 Å². The van der Waals surface area contributed by atoms with Crippen LogP contribution in [0.5, 0.6) is 11.5 Å². The Bertz CT molecular complexity index is 349. The van der Waals surface area contributed by atoms with E-state index < -0.39 is 0 Å². The quantitative estimate of drug-likeness (QED) is 0.692. The first-order chi connectivity index (χ1) is 7.71. The van der Waals surface area contributed by atoms with Crippen molar-refractivity contribution in [3.63, 3.8) is 0 Å². The molecule has 0 aliphatic carbocycles. The van der Waals surface area contributed by atoms with Gasteiger partial charge < -0.3 is 14.2 Å². The summed E-state index contributed by atoms with van der Waals surface area (Å²) in [7, 11) is 3.16. The Morgan fingerprint density at radius 2 is 2.06 bits per heavy atom. The molecule has 4 heteroatoms. The predicted octanol–water partition coefficient (Wildman–Crippen LogP) is 1.92. The van der Waals surface area contributed by atoms with Gasteiger partial charge in [-0.15, -0.1) is 0 Å². The molecule has 0 bridgehead atoms. The first kappa shape index (κ1) is 12.5. The second kappa shape index (κ2) is 6.12. The van der Waals surface area contributed by atoms with E-state index >= 15 is 0 Å². The third-order valence-corrected chi connectivity index (χ3v) is 2.05. The highest BCUT2D eigenvalue weighted by Crippen LogP contribution is 2.28. The van der Waals surface area contributed by atoms with E-state index in [1.54, 1.807) is 25.3 Å². The lowest BCUT2D eigenvalue weighted by atomic mass is 10.2. The van der Waals surface area contributed by atoms with Crippen LogP contribution in [0.4, 0.5) is 0 Å². The van der Waals surface area contributed by atoms with Crippen LogP contribution in [0.1, 0.15) is 17.3 Å². The summed E-state index contributed by atoms with van der Waals surface area (Å²) in [6.07, 6.45) is 0.700. The van der Waals surface area contributed by atoms with E-state index in [1.807, 2.05) is 6.92 Å². The lowest BCUT2D eigenvalue weighted by molar-refractivity contribution is 0.0899. The van der Waals surface area contributed by atoms with Crippen molar-refractivity contribution in [1.82, 2.24) is 0 Å². The molecule has 0 saturated heterocycles. The van der Waals surface area contributed by atoms with Crippen molar-refractivity contribution in [2.24, 2.45) is 0 Å². The van der Waals surface area contributed by atoms with E-state index in [0.29, 0.717) is 23.7 Å². The molecule has 4 nitrogen and oxygen atoms in total. The van der Waals surface area contributed by atoms with E-state index in [0.717, 1.165) is 6.29 Å². The molecular formula is C12H16O4. The monoisotopic (exact) mass is 224 g/mol. The van der Waals surface area contributed by atoms with Crippen LogP contribution >= 0.6 is 0 Å². The van der Waals surface area contributed by atoms with Gasteiger partial charge in [0.2, 0.25) is 0 Å². The Morgan fingerprint density at radius 1 is 1.31 bits per heavy atom. The minimum absolute atomic E-state index is 0.0685. The molecule has 1 rings (SSSR count). The molecule has 16 heavy (non-hydrogen) atoms. The maximum absolute atomic E-state index is 10.6. The number of aldehydes is 1. The summed E-state index contributed by atoms with van der Waals surface area (Å²) in [5, 5.41) is 0. The van der Waals surface area contributed by atoms with Crippen LogP contribution in [0.25, 0.3) is 0 Å². The Balaban J connectivity index is 2.82. The number of methoxy groups -OCH3 is 2. The first-order valence-electron chi connectivity index (χ1n) is 5.00. The molecule has 0 amide bonds. The largest absolute Gasteiger partial charge is 0.493 e. The number of carbonyl (C=O) groups is 1. The van der Waals surface area contributed by atoms with Crippen molar-refractivity contribution < 1.29 is 19.0 Å². The average molecular weight is 224 g/mol. The Hall–Kier alpha value is -1.55. The highest BCUT2D eigenvalue weighted by Gasteiger charge is 2.09. The fraction of sp³-hybridized carbons (Fsp3) is 0.417. The van der Waals surface area contributed by atoms with Gasteiger partial charge in [-0.05, 0) is 25.1 Å². The van der Waals surface area contributed by atoms with Crippen LogP contribution in [-0.2, 0) is 4.74 Å². The lowest BCUT2D eigenvalue weighted by Crippen LogP contribution is -2.18. The Labute approximate surface area is 95.1 Å². The zero-order chi connectivity index (χ0) is 12.0. The van der Waals surface area contributed by atoms with E-state index in [-0.39, 0.29) is 6.10 Å². The van der Waals surface area contributed by atoms with Crippen molar-refractivity contribution in [2.75, 3.05) is 20.8 Å². The van der Waals surface area contributed by atoms with Crippen LogP contribution in [0, 0.1) is 0 Å². The number of hydrogen-bond donors (Lipinski definition) is 0. The fourth-order valence-corrected chi connectivity index (χ4v) is 1.34.